The van der Waals surface area contributed by atoms with Gasteiger partial charge in [0.1, 0.15) is 6.54 Å². The zero-order valence-electron chi connectivity index (χ0n) is 20.2. The van der Waals surface area contributed by atoms with Gasteiger partial charge in [0.2, 0.25) is 11.8 Å². The largest absolute Gasteiger partial charge is 0.354 e. The van der Waals surface area contributed by atoms with Gasteiger partial charge in [-0.25, -0.2) is 4.99 Å². The van der Waals surface area contributed by atoms with E-state index in [9.17, 15) is 9.59 Å². The summed E-state index contributed by atoms with van der Waals surface area (Å²) in [5, 5.41) is 7.17. The first kappa shape index (κ1) is 28.0. The van der Waals surface area contributed by atoms with Crippen LogP contribution < -0.4 is 10.6 Å². The fourth-order valence-electron chi connectivity index (χ4n) is 4.46. The van der Waals surface area contributed by atoms with Crippen LogP contribution in [0.1, 0.15) is 72.1 Å². The molecule has 0 spiro atoms. The lowest BCUT2D eigenvalue weighted by Crippen LogP contribution is -2.53. The van der Waals surface area contributed by atoms with Crippen LogP contribution >= 0.6 is 24.0 Å². The molecular weight excluding hydrogens is 505 g/mol. The van der Waals surface area contributed by atoms with Crippen molar-refractivity contribution >= 4 is 41.8 Å². The standard InChI is InChI=1S/C23H43N5O2.HI/c1-6-18(7-2)22(30)28-14-12-19(13-15-28)25-23(24-16-21(29)27(4)5)26-20-11-9-8-10-17(20)3;/h17-20H,6-16H2,1-5H3,(H2,24,25,26);1H. The van der Waals surface area contributed by atoms with Gasteiger partial charge in [-0.2, -0.15) is 0 Å². The Kier molecular flexibility index (Phi) is 12.8. The van der Waals surface area contributed by atoms with Crippen LogP contribution in [0.2, 0.25) is 0 Å². The highest BCUT2D eigenvalue weighted by Crippen LogP contribution is 2.24. The Hall–Kier alpha value is -1.06. The molecule has 8 heteroatoms. The Labute approximate surface area is 206 Å². The Morgan fingerprint density at radius 2 is 1.65 bits per heavy atom. The third-order valence-electron chi connectivity index (χ3n) is 6.79. The first-order valence-corrected chi connectivity index (χ1v) is 11.9. The maximum atomic E-state index is 12.7. The molecule has 180 valence electrons. The molecule has 2 aliphatic rings. The van der Waals surface area contributed by atoms with Gasteiger partial charge in [0.25, 0.3) is 0 Å². The summed E-state index contributed by atoms with van der Waals surface area (Å²) in [5.74, 6) is 1.80. The summed E-state index contributed by atoms with van der Waals surface area (Å²) in [6, 6.07) is 0.673. The summed E-state index contributed by atoms with van der Waals surface area (Å²) in [4.78, 5) is 32.9. The van der Waals surface area contributed by atoms with E-state index in [2.05, 4.69) is 36.4 Å². The number of hydrogen-bond acceptors (Lipinski definition) is 3. The van der Waals surface area contributed by atoms with Gasteiger partial charge in [-0.3, -0.25) is 9.59 Å². The molecule has 1 saturated heterocycles. The molecule has 31 heavy (non-hydrogen) atoms. The number of nitrogens with one attached hydrogen (secondary N) is 2. The van der Waals surface area contributed by atoms with E-state index in [4.69, 9.17) is 0 Å². The van der Waals surface area contributed by atoms with Gasteiger partial charge >= 0.3 is 0 Å². The van der Waals surface area contributed by atoms with Crippen LogP contribution in [-0.4, -0.2) is 73.4 Å². The fraction of sp³-hybridized carbons (Fsp3) is 0.870. The number of guanidine groups is 1. The first-order chi connectivity index (χ1) is 14.3. The summed E-state index contributed by atoms with van der Waals surface area (Å²) in [6.45, 7) is 8.20. The van der Waals surface area contributed by atoms with Gasteiger partial charge < -0.3 is 20.4 Å². The molecule has 1 saturated carbocycles. The molecule has 0 bridgehead atoms. The van der Waals surface area contributed by atoms with Gasteiger partial charge in [-0.15, -0.1) is 24.0 Å². The number of carbonyl (C=O) groups is 2. The molecule has 0 aromatic heterocycles. The molecule has 0 aromatic carbocycles. The maximum Gasteiger partial charge on any atom is 0.243 e. The molecule has 1 aliphatic heterocycles. The fourth-order valence-corrected chi connectivity index (χ4v) is 4.46. The Balaban J connectivity index is 0.00000480. The molecule has 7 nitrogen and oxygen atoms in total. The first-order valence-electron chi connectivity index (χ1n) is 11.9. The minimum atomic E-state index is -0.00150. The molecule has 2 amide bonds. The number of amides is 2. The number of piperidine rings is 1. The highest BCUT2D eigenvalue weighted by atomic mass is 127. The number of rotatable bonds is 7. The molecular formula is C23H44IN5O2. The van der Waals surface area contributed by atoms with Gasteiger partial charge in [-0.1, -0.05) is 33.6 Å². The molecule has 2 unspecified atom stereocenters. The van der Waals surface area contributed by atoms with Crippen LogP contribution in [0.25, 0.3) is 0 Å². The third kappa shape index (κ3) is 8.77. The normalized spacial score (nSPS) is 22.6. The summed E-state index contributed by atoms with van der Waals surface area (Å²) in [5.41, 5.74) is 0. The lowest BCUT2D eigenvalue weighted by atomic mass is 9.86. The monoisotopic (exact) mass is 549 g/mol. The third-order valence-corrected chi connectivity index (χ3v) is 6.79. The lowest BCUT2D eigenvalue weighted by Gasteiger charge is -2.36. The summed E-state index contributed by atoms with van der Waals surface area (Å²) in [6.07, 6.45) is 8.55. The van der Waals surface area contributed by atoms with E-state index in [1.807, 2.05) is 4.90 Å². The quantitative estimate of drug-likeness (QED) is 0.291. The Morgan fingerprint density at radius 1 is 1.03 bits per heavy atom. The summed E-state index contributed by atoms with van der Waals surface area (Å²) < 4.78 is 0. The molecule has 0 radical (unpaired) electrons. The summed E-state index contributed by atoms with van der Waals surface area (Å²) >= 11 is 0. The van der Waals surface area contributed by atoms with Crippen LogP contribution in [0, 0.1) is 11.8 Å². The van der Waals surface area contributed by atoms with E-state index in [1.165, 1.54) is 19.3 Å². The van der Waals surface area contributed by atoms with Crippen LogP contribution in [0.5, 0.6) is 0 Å². The van der Waals surface area contributed by atoms with Gasteiger partial charge in [0, 0.05) is 45.2 Å². The highest BCUT2D eigenvalue weighted by Gasteiger charge is 2.28. The van der Waals surface area contributed by atoms with E-state index in [0.29, 0.717) is 17.9 Å². The average molecular weight is 550 g/mol. The molecule has 2 atom stereocenters. The van der Waals surface area contributed by atoms with Crippen molar-refractivity contribution in [2.75, 3.05) is 33.7 Å². The van der Waals surface area contributed by atoms with E-state index < -0.39 is 0 Å². The molecule has 2 N–H and O–H groups in total. The van der Waals surface area contributed by atoms with E-state index in [1.54, 1.807) is 19.0 Å². The highest BCUT2D eigenvalue weighted by molar-refractivity contribution is 14.0. The number of carbonyl (C=O) groups excluding carboxylic acids is 2. The maximum absolute atomic E-state index is 12.7. The van der Waals surface area contributed by atoms with Gasteiger partial charge in [0.15, 0.2) is 5.96 Å². The van der Waals surface area contributed by atoms with E-state index >= 15 is 0 Å². The molecule has 1 aliphatic carbocycles. The predicted molar refractivity (Wildman–Crippen MR) is 138 cm³/mol. The van der Waals surface area contributed by atoms with E-state index in [-0.39, 0.29) is 48.4 Å². The van der Waals surface area contributed by atoms with Gasteiger partial charge in [0.05, 0.1) is 0 Å². The zero-order valence-corrected chi connectivity index (χ0v) is 22.5. The topological polar surface area (TPSA) is 77.0 Å². The summed E-state index contributed by atoms with van der Waals surface area (Å²) in [7, 11) is 3.52. The van der Waals surface area contributed by atoms with Crippen molar-refractivity contribution in [3.8, 4) is 0 Å². The number of hydrogen-bond donors (Lipinski definition) is 2. The number of halogens is 1. The van der Waals surface area contributed by atoms with Crippen LogP contribution in [0.15, 0.2) is 4.99 Å². The minimum absolute atomic E-state index is 0. The van der Waals surface area contributed by atoms with Crippen molar-refractivity contribution in [2.45, 2.75) is 84.2 Å². The smallest absolute Gasteiger partial charge is 0.243 e. The average Bonchev–Trinajstić information content (AvgIpc) is 2.74. The second-order valence-corrected chi connectivity index (χ2v) is 9.22. The number of nitrogens with zero attached hydrogens (tertiary/aromatic N) is 3. The molecule has 2 fully saturated rings. The second kappa shape index (κ2) is 14.2. The van der Waals surface area contributed by atoms with Crippen molar-refractivity contribution in [3.63, 3.8) is 0 Å². The lowest BCUT2D eigenvalue weighted by molar-refractivity contribution is -0.136. The number of likely N-dealkylation sites (N-methyl/N-ethyl adjacent to an activating group) is 1. The van der Waals surface area contributed by atoms with Crippen LogP contribution in [0.4, 0.5) is 0 Å². The molecule has 2 rings (SSSR count). The van der Waals surface area contributed by atoms with Gasteiger partial charge in [-0.05, 0) is 44.4 Å². The van der Waals surface area contributed by atoms with Crippen LogP contribution in [-0.2, 0) is 9.59 Å². The second-order valence-electron chi connectivity index (χ2n) is 9.22. The van der Waals surface area contributed by atoms with E-state index in [0.717, 1.165) is 51.2 Å². The van der Waals surface area contributed by atoms with Crippen molar-refractivity contribution < 1.29 is 9.59 Å². The Bertz CT molecular complexity index is 587. The van der Waals surface area contributed by atoms with Crippen molar-refractivity contribution in [2.24, 2.45) is 16.8 Å². The van der Waals surface area contributed by atoms with Crippen LogP contribution in [0.3, 0.4) is 0 Å². The molecule has 0 aromatic rings. The molecule has 1 heterocycles. The Morgan fingerprint density at radius 3 is 2.19 bits per heavy atom. The zero-order chi connectivity index (χ0) is 22.1. The van der Waals surface area contributed by atoms with Crippen molar-refractivity contribution in [3.05, 3.63) is 0 Å². The minimum Gasteiger partial charge on any atom is -0.354 e. The van der Waals surface area contributed by atoms with Crippen molar-refractivity contribution in [1.82, 2.24) is 20.4 Å². The number of aliphatic imine (C=N–C) groups is 1. The SMILES string of the molecule is CCC(CC)C(=O)N1CCC(NC(=NCC(=O)N(C)C)NC2CCCCC2C)CC1.I. The number of likely N-dealkylation sites (tertiary alicyclic amines) is 1. The predicted octanol–water partition coefficient (Wildman–Crippen LogP) is 3.23. The van der Waals surface area contributed by atoms with Crippen molar-refractivity contribution in [1.29, 1.82) is 0 Å².